The Balaban J connectivity index is 1.35. The number of pyridine rings is 3. The van der Waals surface area contributed by atoms with Crippen molar-refractivity contribution in [1.29, 1.82) is 0 Å². The van der Waals surface area contributed by atoms with Crippen LogP contribution in [0.4, 0.5) is 20.3 Å². The van der Waals surface area contributed by atoms with Crippen molar-refractivity contribution in [2.24, 2.45) is 0 Å². The van der Waals surface area contributed by atoms with Gasteiger partial charge >= 0.3 is 0 Å². The van der Waals surface area contributed by atoms with Crippen molar-refractivity contribution in [3.05, 3.63) is 108 Å². The molecule has 5 rings (SSSR count). The number of carbonyl (C=O) groups excluding carboxylic acids is 1. The number of rotatable bonds is 8. The molecule has 41 heavy (non-hydrogen) atoms. The Morgan fingerprint density at radius 3 is 2.49 bits per heavy atom. The van der Waals surface area contributed by atoms with E-state index in [0.717, 1.165) is 57.7 Å². The predicted octanol–water partition coefficient (Wildman–Crippen LogP) is 7.01. The SMILES string of the molecule is COc1ccc(CN(C)c2cc3ncc(-c4cc(NC(=O)c5cc(C(C)(F)F)ccn5)ccc4C)cc3cn2)cc1. The van der Waals surface area contributed by atoms with Crippen LogP contribution in [0, 0.1) is 6.92 Å². The molecular weight excluding hydrogens is 524 g/mol. The van der Waals surface area contributed by atoms with Crippen LogP contribution in [0.3, 0.4) is 0 Å². The molecular formula is C32H29F2N5O2. The lowest BCUT2D eigenvalue weighted by Gasteiger charge is -2.19. The van der Waals surface area contributed by atoms with E-state index < -0.39 is 11.8 Å². The summed E-state index contributed by atoms with van der Waals surface area (Å²) in [4.78, 5) is 28.1. The third kappa shape index (κ3) is 6.30. The van der Waals surface area contributed by atoms with E-state index in [1.54, 1.807) is 25.6 Å². The molecule has 1 N–H and O–H groups in total. The summed E-state index contributed by atoms with van der Waals surface area (Å²) in [5.41, 5.74) is 4.82. The minimum absolute atomic E-state index is 0.0858. The molecule has 0 spiro atoms. The molecule has 0 saturated carbocycles. The highest BCUT2D eigenvalue weighted by Gasteiger charge is 2.25. The smallest absolute Gasteiger partial charge is 0.274 e. The van der Waals surface area contributed by atoms with Crippen LogP contribution in [0.5, 0.6) is 5.75 Å². The lowest BCUT2D eigenvalue weighted by molar-refractivity contribution is 0.0173. The van der Waals surface area contributed by atoms with Gasteiger partial charge in [0.25, 0.3) is 11.8 Å². The van der Waals surface area contributed by atoms with Gasteiger partial charge in [-0.1, -0.05) is 18.2 Å². The third-order valence-corrected chi connectivity index (χ3v) is 6.83. The molecule has 9 heteroatoms. The number of hydrogen-bond acceptors (Lipinski definition) is 6. The van der Waals surface area contributed by atoms with E-state index >= 15 is 0 Å². The fraction of sp³-hybridized carbons (Fsp3) is 0.188. The van der Waals surface area contributed by atoms with E-state index in [1.165, 1.54) is 12.3 Å². The normalized spacial score (nSPS) is 11.4. The first-order valence-electron chi connectivity index (χ1n) is 13.0. The molecule has 0 bridgehead atoms. The van der Waals surface area contributed by atoms with Crippen LogP contribution >= 0.6 is 0 Å². The summed E-state index contributed by atoms with van der Waals surface area (Å²) in [6, 6.07) is 19.7. The minimum atomic E-state index is -3.07. The largest absolute Gasteiger partial charge is 0.497 e. The Labute approximate surface area is 236 Å². The summed E-state index contributed by atoms with van der Waals surface area (Å²) in [6.45, 7) is 3.43. The van der Waals surface area contributed by atoms with Crippen LogP contribution in [0.25, 0.3) is 22.0 Å². The average molecular weight is 554 g/mol. The molecule has 3 aromatic heterocycles. The van der Waals surface area contributed by atoms with Gasteiger partial charge in [-0.15, -0.1) is 0 Å². The molecule has 0 atom stereocenters. The van der Waals surface area contributed by atoms with Crippen molar-refractivity contribution in [2.75, 3.05) is 24.4 Å². The standard InChI is InChI=1S/C32H29F2N5O2/c1-20-5-8-25(38-31(40)29-14-24(11-12-35-29)32(2,33)34)15-27(20)22-13-23-18-37-30(16-28(23)36-17-22)39(3)19-21-6-9-26(41-4)10-7-21/h5-18H,19H2,1-4H3,(H,38,40). The lowest BCUT2D eigenvalue weighted by Crippen LogP contribution is -2.17. The first kappa shape index (κ1) is 27.6. The molecule has 0 unspecified atom stereocenters. The fourth-order valence-corrected chi connectivity index (χ4v) is 4.49. The average Bonchev–Trinajstić information content (AvgIpc) is 2.97. The maximum atomic E-state index is 13.7. The topological polar surface area (TPSA) is 80.2 Å². The number of ether oxygens (including phenoxy) is 1. The molecule has 0 aliphatic rings. The van der Waals surface area contributed by atoms with Crippen LogP contribution in [0.1, 0.15) is 34.1 Å². The zero-order valence-electron chi connectivity index (χ0n) is 23.2. The van der Waals surface area contributed by atoms with Gasteiger partial charge in [0.05, 0.1) is 12.6 Å². The number of aryl methyl sites for hydroxylation is 1. The van der Waals surface area contributed by atoms with Gasteiger partial charge in [-0.05, 0) is 66.1 Å². The number of alkyl halides is 2. The van der Waals surface area contributed by atoms with Gasteiger partial charge in [0.2, 0.25) is 0 Å². The molecule has 0 fully saturated rings. The van der Waals surface area contributed by atoms with Crippen molar-refractivity contribution in [3.8, 4) is 16.9 Å². The molecule has 0 aliphatic heterocycles. The number of nitrogens with one attached hydrogen (secondary N) is 1. The lowest BCUT2D eigenvalue weighted by atomic mass is 10.00. The molecule has 0 saturated heterocycles. The molecule has 0 aliphatic carbocycles. The summed E-state index contributed by atoms with van der Waals surface area (Å²) in [7, 11) is 3.63. The quantitative estimate of drug-likeness (QED) is 0.223. The van der Waals surface area contributed by atoms with Crippen molar-refractivity contribution < 1.29 is 18.3 Å². The Bertz CT molecular complexity index is 1720. The fourth-order valence-electron chi connectivity index (χ4n) is 4.49. The highest BCUT2D eigenvalue weighted by atomic mass is 19.3. The van der Waals surface area contributed by atoms with Gasteiger partial charge in [0.15, 0.2) is 0 Å². The Morgan fingerprint density at radius 2 is 1.76 bits per heavy atom. The second-order valence-electron chi connectivity index (χ2n) is 9.97. The number of nitrogens with zero attached hydrogens (tertiary/aromatic N) is 4. The van der Waals surface area contributed by atoms with Crippen molar-refractivity contribution in [3.63, 3.8) is 0 Å². The summed E-state index contributed by atoms with van der Waals surface area (Å²) in [6.07, 6.45) is 4.80. The van der Waals surface area contributed by atoms with Crippen molar-refractivity contribution in [2.45, 2.75) is 26.3 Å². The van der Waals surface area contributed by atoms with Crippen molar-refractivity contribution in [1.82, 2.24) is 15.0 Å². The number of hydrogen-bond donors (Lipinski definition) is 1. The van der Waals surface area contributed by atoms with Crippen LogP contribution in [-0.4, -0.2) is 35.0 Å². The number of halogens is 2. The number of carbonyl (C=O) groups is 1. The van der Waals surface area contributed by atoms with E-state index in [-0.39, 0.29) is 11.3 Å². The summed E-state index contributed by atoms with van der Waals surface area (Å²) in [5, 5.41) is 3.64. The van der Waals surface area contributed by atoms with E-state index in [4.69, 9.17) is 9.72 Å². The van der Waals surface area contributed by atoms with Gasteiger partial charge in [0.1, 0.15) is 17.3 Å². The molecule has 208 valence electrons. The molecule has 5 aromatic rings. The van der Waals surface area contributed by atoms with E-state index in [9.17, 15) is 13.6 Å². The summed E-state index contributed by atoms with van der Waals surface area (Å²) in [5.74, 6) is -2.03. The van der Waals surface area contributed by atoms with E-state index in [2.05, 4.69) is 20.2 Å². The molecule has 0 radical (unpaired) electrons. The molecule has 2 aromatic carbocycles. The van der Waals surface area contributed by atoms with Gasteiger partial charge in [-0.25, -0.2) is 13.8 Å². The first-order valence-corrected chi connectivity index (χ1v) is 13.0. The number of methoxy groups -OCH3 is 1. The minimum Gasteiger partial charge on any atom is -0.497 e. The summed E-state index contributed by atoms with van der Waals surface area (Å²) >= 11 is 0. The Hall–Kier alpha value is -4.92. The predicted molar refractivity (Wildman–Crippen MR) is 157 cm³/mol. The highest BCUT2D eigenvalue weighted by Crippen LogP contribution is 2.30. The molecule has 7 nitrogen and oxygen atoms in total. The third-order valence-electron chi connectivity index (χ3n) is 6.83. The van der Waals surface area contributed by atoms with Gasteiger partial charge < -0.3 is 15.0 Å². The Kier molecular flexibility index (Phi) is 7.61. The second kappa shape index (κ2) is 11.3. The number of benzene rings is 2. The van der Waals surface area contributed by atoms with Crippen LogP contribution in [0.15, 0.2) is 85.3 Å². The number of aromatic nitrogens is 3. The van der Waals surface area contributed by atoms with E-state index in [0.29, 0.717) is 12.2 Å². The molecule has 1 amide bonds. The number of anilines is 2. The van der Waals surface area contributed by atoms with E-state index in [1.807, 2.05) is 62.5 Å². The number of amides is 1. The monoisotopic (exact) mass is 553 g/mol. The second-order valence-corrected chi connectivity index (χ2v) is 9.97. The van der Waals surface area contributed by atoms with Crippen LogP contribution in [0.2, 0.25) is 0 Å². The van der Waals surface area contributed by atoms with Crippen LogP contribution < -0.4 is 15.0 Å². The van der Waals surface area contributed by atoms with Gasteiger partial charge in [-0.3, -0.25) is 14.8 Å². The Morgan fingerprint density at radius 1 is 0.976 bits per heavy atom. The molecule has 3 heterocycles. The zero-order chi connectivity index (χ0) is 29.1. The summed E-state index contributed by atoms with van der Waals surface area (Å²) < 4.78 is 32.7. The van der Waals surface area contributed by atoms with Gasteiger partial charge in [-0.2, -0.15) is 0 Å². The van der Waals surface area contributed by atoms with Gasteiger partial charge in [0, 0.05) is 67.4 Å². The highest BCUT2D eigenvalue weighted by molar-refractivity contribution is 6.03. The van der Waals surface area contributed by atoms with Crippen LogP contribution in [-0.2, 0) is 12.5 Å². The maximum Gasteiger partial charge on any atom is 0.274 e. The maximum absolute atomic E-state index is 13.7. The first-order chi connectivity index (χ1) is 19.6. The number of fused-ring (bicyclic) bond motifs is 1. The zero-order valence-corrected chi connectivity index (χ0v) is 23.2. The van der Waals surface area contributed by atoms with Crippen molar-refractivity contribution >= 4 is 28.3 Å².